The molecule has 0 aromatic heterocycles. The first kappa shape index (κ1) is 21.1. The third-order valence-electron chi connectivity index (χ3n) is 6.61. The molecule has 2 atom stereocenters. The van der Waals surface area contributed by atoms with Gasteiger partial charge in [-0.1, -0.05) is 54.6 Å². The van der Waals surface area contributed by atoms with Gasteiger partial charge in [-0.25, -0.2) is 0 Å². The second kappa shape index (κ2) is 10.2. The second-order valence-electron chi connectivity index (χ2n) is 9.10. The van der Waals surface area contributed by atoms with Gasteiger partial charge in [0.05, 0.1) is 6.04 Å². The lowest BCUT2D eigenvalue weighted by Gasteiger charge is -2.27. The van der Waals surface area contributed by atoms with Crippen molar-refractivity contribution >= 4 is 5.91 Å². The number of aryl methyl sites for hydroxylation is 1. The van der Waals surface area contributed by atoms with Gasteiger partial charge < -0.3 is 10.2 Å². The molecule has 0 spiro atoms. The van der Waals surface area contributed by atoms with E-state index in [0.717, 1.165) is 45.4 Å². The van der Waals surface area contributed by atoms with Crippen molar-refractivity contribution in [1.29, 1.82) is 0 Å². The van der Waals surface area contributed by atoms with Crippen LogP contribution < -0.4 is 5.32 Å². The predicted octanol–water partition coefficient (Wildman–Crippen LogP) is 4.02. The molecule has 1 aliphatic heterocycles. The second-order valence-corrected chi connectivity index (χ2v) is 9.10. The highest BCUT2D eigenvalue weighted by Crippen LogP contribution is 2.29. The number of benzene rings is 2. The van der Waals surface area contributed by atoms with Crippen LogP contribution in [0, 0.1) is 5.92 Å². The fraction of sp³-hybridized carbons (Fsp3) is 0.500. The maximum absolute atomic E-state index is 12.6. The Hall–Kier alpha value is -2.17. The van der Waals surface area contributed by atoms with Crippen LogP contribution >= 0.6 is 0 Å². The minimum Gasteiger partial charge on any atom is -0.349 e. The standard InChI is InChI=1S/C26H35N3O/c1-28(18-22-14-17-29(20-22)19-21-8-3-2-4-9-21)16-15-26(30)27-25-13-7-11-23-10-5-6-12-24(23)25/h2-6,8-10,12,22,25H,7,11,13-20H2,1H3,(H,27,30)/t22-,25-/m0/s1. The Labute approximate surface area is 181 Å². The van der Waals surface area contributed by atoms with Crippen LogP contribution in [0.5, 0.6) is 0 Å². The lowest BCUT2D eigenvalue weighted by molar-refractivity contribution is -0.122. The van der Waals surface area contributed by atoms with E-state index in [1.807, 2.05) is 0 Å². The molecule has 4 heteroatoms. The molecule has 4 nitrogen and oxygen atoms in total. The minimum absolute atomic E-state index is 0.181. The molecular formula is C26H35N3O. The highest BCUT2D eigenvalue weighted by Gasteiger charge is 2.24. The summed E-state index contributed by atoms with van der Waals surface area (Å²) >= 11 is 0. The molecule has 0 unspecified atom stereocenters. The van der Waals surface area contributed by atoms with Crippen LogP contribution in [0.15, 0.2) is 54.6 Å². The number of amides is 1. The third kappa shape index (κ3) is 5.71. The lowest BCUT2D eigenvalue weighted by Crippen LogP contribution is -2.35. The summed E-state index contributed by atoms with van der Waals surface area (Å²) in [6, 6.07) is 19.5. The largest absolute Gasteiger partial charge is 0.349 e. The van der Waals surface area contributed by atoms with E-state index >= 15 is 0 Å². The molecule has 1 N–H and O–H groups in total. The molecule has 160 valence electrons. The number of carbonyl (C=O) groups is 1. The SMILES string of the molecule is CN(CCC(=O)N[C@H]1CCCc2ccccc21)C[C@@H]1CCN(Cc2ccccc2)C1. The van der Waals surface area contributed by atoms with Gasteiger partial charge in [0.2, 0.25) is 5.91 Å². The number of rotatable bonds is 8. The normalized spacial score (nSPS) is 21.5. The number of nitrogens with zero attached hydrogens (tertiary/aromatic N) is 2. The zero-order valence-electron chi connectivity index (χ0n) is 18.2. The zero-order chi connectivity index (χ0) is 20.8. The third-order valence-corrected chi connectivity index (χ3v) is 6.61. The van der Waals surface area contributed by atoms with Crippen molar-refractivity contribution in [3.05, 3.63) is 71.3 Å². The molecule has 1 saturated heterocycles. The van der Waals surface area contributed by atoms with Crippen molar-refractivity contribution in [1.82, 2.24) is 15.1 Å². The van der Waals surface area contributed by atoms with Crippen LogP contribution in [0.3, 0.4) is 0 Å². The number of hydrogen-bond acceptors (Lipinski definition) is 3. The molecule has 2 aromatic carbocycles. The first-order chi connectivity index (χ1) is 14.7. The van der Waals surface area contributed by atoms with Gasteiger partial charge in [-0.2, -0.15) is 0 Å². The molecule has 2 aliphatic rings. The fourth-order valence-corrected chi connectivity index (χ4v) is 5.04. The average Bonchev–Trinajstić information content (AvgIpc) is 3.20. The van der Waals surface area contributed by atoms with E-state index in [1.54, 1.807) is 0 Å². The summed E-state index contributed by atoms with van der Waals surface area (Å²) in [5.74, 6) is 0.882. The summed E-state index contributed by atoms with van der Waals surface area (Å²) < 4.78 is 0. The Balaban J connectivity index is 1.17. The monoisotopic (exact) mass is 405 g/mol. The highest BCUT2D eigenvalue weighted by molar-refractivity contribution is 5.76. The van der Waals surface area contributed by atoms with Crippen molar-refractivity contribution in [2.45, 2.75) is 44.7 Å². The van der Waals surface area contributed by atoms with Crippen molar-refractivity contribution in [3.8, 4) is 0 Å². The average molecular weight is 406 g/mol. The molecule has 1 aliphatic carbocycles. The molecule has 4 rings (SSSR count). The molecule has 1 fully saturated rings. The number of likely N-dealkylation sites (tertiary alicyclic amines) is 1. The van der Waals surface area contributed by atoms with E-state index in [1.165, 1.54) is 29.7 Å². The molecule has 30 heavy (non-hydrogen) atoms. The first-order valence-corrected chi connectivity index (χ1v) is 11.5. The fourth-order valence-electron chi connectivity index (χ4n) is 5.04. The smallest absolute Gasteiger partial charge is 0.221 e. The number of nitrogens with one attached hydrogen (secondary N) is 1. The van der Waals surface area contributed by atoms with Gasteiger partial charge in [0.25, 0.3) is 0 Å². The summed E-state index contributed by atoms with van der Waals surface area (Å²) in [6.45, 7) is 5.28. The Kier molecular flexibility index (Phi) is 7.19. The van der Waals surface area contributed by atoms with Gasteiger partial charge in [-0.05, 0) is 61.9 Å². The topological polar surface area (TPSA) is 35.6 Å². The van der Waals surface area contributed by atoms with E-state index in [-0.39, 0.29) is 11.9 Å². The van der Waals surface area contributed by atoms with Crippen LogP contribution in [0.1, 0.15) is 48.4 Å². The van der Waals surface area contributed by atoms with Gasteiger partial charge in [0, 0.05) is 32.6 Å². The number of hydrogen-bond donors (Lipinski definition) is 1. The van der Waals surface area contributed by atoms with Gasteiger partial charge in [-0.3, -0.25) is 9.69 Å². The van der Waals surface area contributed by atoms with Crippen LogP contribution in [0.2, 0.25) is 0 Å². The van der Waals surface area contributed by atoms with Crippen molar-refractivity contribution in [3.63, 3.8) is 0 Å². The highest BCUT2D eigenvalue weighted by atomic mass is 16.1. The van der Waals surface area contributed by atoms with Crippen molar-refractivity contribution in [2.24, 2.45) is 5.92 Å². The molecule has 1 amide bonds. The molecule has 0 radical (unpaired) electrons. The molecular weight excluding hydrogens is 370 g/mol. The minimum atomic E-state index is 0.181. The summed E-state index contributed by atoms with van der Waals surface area (Å²) in [5, 5.41) is 3.28. The van der Waals surface area contributed by atoms with E-state index in [4.69, 9.17) is 0 Å². The lowest BCUT2D eigenvalue weighted by atomic mass is 9.87. The van der Waals surface area contributed by atoms with Crippen molar-refractivity contribution in [2.75, 3.05) is 33.2 Å². The summed E-state index contributed by atoms with van der Waals surface area (Å²) in [7, 11) is 2.16. The van der Waals surface area contributed by atoms with E-state index in [2.05, 4.69) is 76.8 Å². The maximum Gasteiger partial charge on any atom is 0.221 e. The van der Waals surface area contributed by atoms with Crippen LogP contribution in [-0.2, 0) is 17.8 Å². The summed E-state index contributed by atoms with van der Waals surface area (Å²) in [6.07, 6.45) is 5.17. The van der Waals surface area contributed by atoms with Crippen LogP contribution in [0.25, 0.3) is 0 Å². The predicted molar refractivity (Wildman–Crippen MR) is 122 cm³/mol. The Bertz CT molecular complexity index is 822. The first-order valence-electron chi connectivity index (χ1n) is 11.5. The molecule has 0 saturated carbocycles. The zero-order valence-corrected chi connectivity index (χ0v) is 18.2. The Morgan fingerprint density at radius 3 is 2.77 bits per heavy atom. The Morgan fingerprint density at radius 1 is 1.10 bits per heavy atom. The van der Waals surface area contributed by atoms with Gasteiger partial charge in [0.1, 0.15) is 0 Å². The summed E-state index contributed by atoms with van der Waals surface area (Å²) in [5.41, 5.74) is 4.11. The molecule has 1 heterocycles. The summed E-state index contributed by atoms with van der Waals surface area (Å²) in [4.78, 5) is 17.5. The molecule has 0 bridgehead atoms. The number of fused-ring (bicyclic) bond motifs is 1. The maximum atomic E-state index is 12.6. The molecule has 2 aromatic rings. The van der Waals surface area contributed by atoms with E-state index in [9.17, 15) is 4.79 Å². The van der Waals surface area contributed by atoms with Gasteiger partial charge >= 0.3 is 0 Å². The van der Waals surface area contributed by atoms with E-state index < -0.39 is 0 Å². The van der Waals surface area contributed by atoms with Crippen LogP contribution in [-0.4, -0.2) is 48.9 Å². The number of carbonyl (C=O) groups excluding carboxylic acids is 1. The Morgan fingerprint density at radius 2 is 1.90 bits per heavy atom. The quantitative estimate of drug-likeness (QED) is 0.720. The van der Waals surface area contributed by atoms with Crippen molar-refractivity contribution < 1.29 is 4.79 Å². The van der Waals surface area contributed by atoms with Gasteiger partial charge in [0.15, 0.2) is 0 Å². The van der Waals surface area contributed by atoms with Crippen LogP contribution in [0.4, 0.5) is 0 Å². The van der Waals surface area contributed by atoms with E-state index in [0.29, 0.717) is 12.3 Å². The van der Waals surface area contributed by atoms with Gasteiger partial charge in [-0.15, -0.1) is 0 Å².